The molecule has 108 valence electrons. The topological polar surface area (TPSA) is 55.1 Å². The fraction of sp³-hybridized carbons (Fsp3) is 0. The van der Waals surface area contributed by atoms with E-state index in [2.05, 4.69) is 5.32 Å². The van der Waals surface area contributed by atoms with E-state index in [0.717, 1.165) is 12.1 Å². The summed E-state index contributed by atoms with van der Waals surface area (Å²) in [5, 5.41) is 2.50. The molecule has 0 unspecified atom stereocenters. The Kier molecular flexibility index (Phi) is 4.50. The summed E-state index contributed by atoms with van der Waals surface area (Å²) in [6, 6.07) is 7.61. The highest BCUT2D eigenvalue weighted by Crippen LogP contribution is 2.24. The molecule has 2 rings (SSSR count). The Morgan fingerprint density at radius 2 is 1.81 bits per heavy atom. The number of hydrogen-bond donors (Lipinski definition) is 2. The molecule has 0 saturated carbocycles. The van der Waals surface area contributed by atoms with Crippen LogP contribution in [-0.2, 0) is 0 Å². The smallest absolute Gasteiger partial charge is 0.261 e. The third-order valence-electron chi connectivity index (χ3n) is 2.69. The van der Waals surface area contributed by atoms with Crippen LogP contribution in [-0.4, -0.2) is 10.9 Å². The van der Waals surface area contributed by atoms with Crippen LogP contribution in [0.3, 0.4) is 0 Å². The van der Waals surface area contributed by atoms with Gasteiger partial charge in [0.2, 0.25) is 0 Å². The summed E-state index contributed by atoms with van der Waals surface area (Å²) in [4.78, 5) is 12.1. The van der Waals surface area contributed by atoms with E-state index in [0.29, 0.717) is 5.56 Å². The molecule has 0 aromatic heterocycles. The van der Waals surface area contributed by atoms with Crippen molar-refractivity contribution < 1.29 is 13.6 Å². The lowest BCUT2D eigenvalue weighted by molar-refractivity contribution is 0.101. The quantitative estimate of drug-likeness (QED) is 0.849. The van der Waals surface area contributed by atoms with Crippen molar-refractivity contribution in [1.82, 2.24) is 0 Å². The lowest BCUT2D eigenvalue weighted by Gasteiger charge is -2.09. The number of carbonyl (C=O) groups is 1. The minimum absolute atomic E-state index is 0.148. The Morgan fingerprint density at radius 1 is 1.19 bits per heavy atom. The van der Waals surface area contributed by atoms with Crippen molar-refractivity contribution in [3.63, 3.8) is 0 Å². The van der Waals surface area contributed by atoms with Crippen LogP contribution in [0.5, 0.6) is 0 Å². The van der Waals surface area contributed by atoms with Gasteiger partial charge in [0.05, 0.1) is 10.7 Å². The zero-order chi connectivity index (χ0) is 15.6. The molecule has 0 aliphatic rings. The molecule has 0 radical (unpaired) electrons. The summed E-state index contributed by atoms with van der Waals surface area (Å²) < 4.78 is 27.0. The monoisotopic (exact) mass is 326 g/mol. The molecule has 3 N–H and O–H groups in total. The summed E-state index contributed by atoms with van der Waals surface area (Å²) >= 11 is 10.8. The second-order valence-electron chi connectivity index (χ2n) is 4.11. The Balaban J connectivity index is 2.30. The highest BCUT2D eigenvalue weighted by Gasteiger charge is 2.18. The van der Waals surface area contributed by atoms with Crippen molar-refractivity contribution in [3.05, 3.63) is 64.2 Å². The number of amides is 1. The number of hydrogen-bond acceptors (Lipinski definition) is 2. The number of nitrogens with two attached hydrogens (primary N) is 1. The Bertz CT molecular complexity index is 717. The Morgan fingerprint density at radius 3 is 2.33 bits per heavy atom. The Labute approximate surface area is 129 Å². The summed E-state index contributed by atoms with van der Waals surface area (Å²) in [5.74, 6) is -2.85. The van der Waals surface area contributed by atoms with Crippen LogP contribution in [0.15, 0.2) is 36.4 Å². The van der Waals surface area contributed by atoms with E-state index in [1.807, 2.05) is 0 Å². The second kappa shape index (κ2) is 6.15. The van der Waals surface area contributed by atoms with Gasteiger partial charge in [-0.15, -0.1) is 0 Å². The number of anilines is 1. The maximum atomic E-state index is 13.5. The SMILES string of the molecule is NC(=S)c1ccc(NC(=O)c2c(F)cccc2F)c(Cl)c1. The highest BCUT2D eigenvalue weighted by molar-refractivity contribution is 7.80. The number of halogens is 3. The number of rotatable bonds is 3. The first-order valence-electron chi connectivity index (χ1n) is 5.75. The van der Waals surface area contributed by atoms with Gasteiger partial charge in [-0.3, -0.25) is 4.79 Å². The van der Waals surface area contributed by atoms with Crippen molar-refractivity contribution in [2.45, 2.75) is 0 Å². The van der Waals surface area contributed by atoms with E-state index >= 15 is 0 Å². The summed E-state index contributed by atoms with van der Waals surface area (Å²) in [5.41, 5.74) is 5.49. The van der Waals surface area contributed by atoms with Crippen LogP contribution in [0, 0.1) is 11.6 Å². The first kappa shape index (κ1) is 15.3. The van der Waals surface area contributed by atoms with E-state index in [1.165, 1.54) is 18.2 Å². The van der Waals surface area contributed by atoms with Gasteiger partial charge in [-0.25, -0.2) is 8.78 Å². The lowest BCUT2D eigenvalue weighted by Crippen LogP contribution is -2.16. The first-order valence-corrected chi connectivity index (χ1v) is 6.53. The minimum Gasteiger partial charge on any atom is -0.389 e. The standard InChI is InChI=1S/C14H9ClF2N2OS/c15-8-6-7(13(18)21)4-5-11(8)19-14(20)12-9(16)2-1-3-10(12)17/h1-6H,(H2,18,21)(H,19,20). The molecule has 0 fully saturated rings. The van der Waals surface area contributed by atoms with Gasteiger partial charge >= 0.3 is 0 Å². The maximum absolute atomic E-state index is 13.5. The zero-order valence-electron chi connectivity index (χ0n) is 10.5. The molecular weight excluding hydrogens is 318 g/mol. The van der Waals surface area contributed by atoms with E-state index in [1.54, 1.807) is 6.07 Å². The summed E-state index contributed by atoms with van der Waals surface area (Å²) in [6.45, 7) is 0. The lowest BCUT2D eigenvalue weighted by atomic mass is 10.1. The minimum atomic E-state index is -0.955. The third kappa shape index (κ3) is 3.34. The number of benzene rings is 2. The summed E-state index contributed by atoms with van der Waals surface area (Å²) in [7, 11) is 0. The van der Waals surface area contributed by atoms with Crippen molar-refractivity contribution in [2.75, 3.05) is 5.32 Å². The van der Waals surface area contributed by atoms with Crippen molar-refractivity contribution >= 4 is 40.4 Å². The molecule has 0 bridgehead atoms. The van der Waals surface area contributed by atoms with Gasteiger partial charge in [0.25, 0.3) is 5.91 Å². The van der Waals surface area contributed by atoms with Crippen LogP contribution in [0.25, 0.3) is 0 Å². The molecule has 0 aliphatic heterocycles. The molecule has 0 saturated heterocycles. The van der Waals surface area contributed by atoms with Crippen LogP contribution < -0.4 is 11.1 Å². The van der Waals surface area contributed by atoms with Gasteiger partial charge in [0.15, 0.2) is 0 Å². The average Bonchev–Trinajstić information content (AvgIpc) is 2.40. The van der Waals surface area contributed by atoms with Crippen molar-refractivity contribution in [3.8, 4) is 0 Å². The highest BCUT2D eigenvalue weighted by atomic mass is 35.5. The molecule has 0 atom stereocenters. The molecule has 21 heavy (non-hydrogen) atoms. The third-order valence-corrected chi connectivity index (χ3v) is 3.24. The van der Waals surface area contributed by atoms with Gasteiger partial charge in [-0.2, -0.15) is 0 Å². The van der Waals surface area contributed by atoms with Gasteiger partial charge in [0.1, 0.15) is 22.2 Å². The van der Waals surface area contributed by atoms with Gasteiger partial charge in [-0.1, -0.05) is 29.9 Å². The van der Waals surface area contributed by atoms with Gasteiger partial charge in [-0.05, 0) is 30.3 Å². The van der Waals surface area contributed by atoms with Gasteiger partial charge < -0.3 is 11.1 Å². The average molecular weight is 327 g/mol. The van der Waals surface area contributed by atoms with Crippen LogP contribution in [0.2, 0.25) is 5.02 Å². The largest absolute Gasteiger partial charge is 0.389 e. The molecule has 7 heteroatoms. The second-order valence-corrected chi connectivity index (χ2v) is 4.96. The van der Waals surface area contributed by atoms with Crippen LogP contribution in [0.4, 0.5) is 14.5 Å². The summed E-state index contributed by atoms with van der Waals surface area (Å²) in [6.07, 6.45) is 0. The number of carbonyl (C=O) groups excluding carboxylic acids is 1. The molecule has 1 amide bonds. The van der Waals surface area contributed by atoms with E-state index in [9.17, 15) is 13.6 Å². The Hall–Kier alpha value is -2.05. The van der Waals surface area contributed by atoms with E-state index in [4.69, 9.17) is 29.6 Å². The predicted octanol–water partition coefficient (Wildman–Crippen LogP) is 3.50. The van der Waals surface area contributed by atoms with Crippen LogP contribution >= 0.6 is 23.8 Å². The first-order chi connectivity index (χ1) is 9.90. The molecule has 3 nitrogen and oxygen atoms in total. The zero-order valence-corrected chi connectivity index (χ0v) is 12.1. The van der Waals surface area contributed by atoms with Crippen LogP contribution in [0.1, 0.15) is 15.9 Å². The molecule has 2 aromatic carbocycles. The molecule has 0 spiro atoms. The maximum Gasteiger partial charge on any atom is 0.261 e. The fourth-order valence-electron chi connectivity index (χ4n) is 1.67. The predicted molar refractivity (Wildman–Crippen MR) is 81.7 cm³/mol. The van der Waals surface area contributed by atoms with Crippen molar-refractivity contribution in [2.24, 2.45) is 5.73 Å². The molecule has 0 heterocycles. The normalized spacial score (nSPS) is 10.2. The molecule has 0 aliphatic carbocycles. The number of nitrogens with one attached hydrogen (secondary N) is 1. The van der Waals surface area contributed by atoms with E-state index in [-0.39, 0.29) is 15.7 Å². The van der Waals surface area contributed by atoms with Gasteiger partial charge in [0, 0.05) is 5.56 Å². The van der Waals surface area contributed by atoms with Crippen molar-refractivity contribution in [1.29, 1.82) is 0 Å². The number of thiocarbonyl (C=S) groups is 1. The fourth-order valence-corrected chi connectivity index (χ4v) is 2.02. The molecular formula is C14H9ClF2N2OS. The molecule has 2 aromatic rings. The van der Waals surface area contributed by atoms with E-state index < -0.39 is 23.1 Å².